The van der Waals surface area contributed by atoms with Gasteiger partial charge in [0, 0.05) is 6.04 Å². The van der Waals surface area contributed by atoms with Gasteiger partial charge in [-0.3, -0.25) is 0 Å². The Kier molecular flexibility index (Phi) is 1.80. The maximum absolute atomic E-state index is 5.81. The highest BCUT2D eigenvalue weighted by Gasteiger charge is 2.25. The van der Waals surface area contributed by atoms with Crippen molar-refractivity contribution in [3.05, 3.63) is 0 Å². The predicted molar refractivity (Wildman–Crippen MR) is 40.2 cm³/mol. The fourth-order valence-electron chi connectivity index (χ4n) is 1.76. The molecule has 1 fully saturated rings. The molecule has 0 saturated heterocycles. The van der Waals surface area contributed by atoms with Crippen molar-refractivity contribution in [3.8, 4) is 0 Å². The Morgan fingerprint density at radius 2 is 2.11 bits per heavy atom. The third kappa shape index (κ3) is 1.98. The Bertz CT molecular complexity index is 96.7. The van der Waals surface area contributed by atoms with Crippen molar-refractivity contribution < 1.29 is 0 Å². The maximum Gasteiger partial charge on any atom is 0.00439 e. The van der Waals surface area contributed by atoms with E-state index in [2.05, 4.69) is 13.8 Å². The van der Waals surface area contributed by atoms with Crippen LogP contribution in [0, 0.1) is 5.41 Å². The second kappa shape index (κ2) is 2.30. The minimum absolute atomic E-state index is 0.480. The molecule has 54 valence electrons. The van der Waals surface area contributed by atoms with Gasteiger partial charge in [0.25, 0.3) is 0 Å². The van der Waals surface area contributed by atoms with Gasteiger partial charge in [0.05, 0.1) is 0 Å². The summed E-state index contributed by atoms with van der Waals surface area (Å²) < 4.78 is 0. The van der Waals surface area contributed by atoms with Gasteiger partial charge in [-0.25, -0.2) is 0 Å². The lowest BCUT2D eigenvalue weighted by atomic mass is 9.75. The van der Waals surface area contributed by atoms with Crippen LogP contribution in [0.2, 0.25) is 0 Å². The number of nitrogens with two attached hydrogens (primary N) is 1. The zero-order valence-corrected chi connectivity index (χ0v) is 6.48. The van der Waals surface area contributed by atoms with Crippen LogP contribution in [-0.2, 0) is 0 Å². The minimum atomic E-state index is 0.480. The molecule has 1 atom stereocenters. The number of rotatable bonds is 0. The Labute approximate surface area is 57.6 Å². The fourth-order valence-corrected chi connectivity index (χ4v) is 1.76. The molecule has 1 unspecified atom stereocenters. The summed E-state index contributed by atoms with van der Waals surface area (Å²) in [6.45, 7) is 4.62. The summed E-state index contributed by atoms with van der Waals surface area (Å²) in [4.78, 5) is 0. The first kappa shape index (κ1) is 7.07. The smallest absolute Gasteiger partial charge is 0.00439 e. The Hall–Kier alpha value is -0.0400. The van der Waals surface area contributed by atoms with E-state index in [-0.39, 0.29) is 0 Å². The Morgan fingerprint density at radius 1 is 1.44 bits per heavy atom. The van der Waals surface area contributed by atoms with E-state index in [1.54, 1.807) is 0 Å². The van der Waals surface area contributed by atoms with Crippen LogP contribution in [0.4, 0.5) is 0 Å². The minimum Gasteiger partial charge on any atom is -0.328 e. The second-order valence-electron chi connectivity index (χ2n) is 4.02. The molecule has 1 saturated carbocycles. The molecule has 0 aromatic rings. The quantitative estimate of drug-likeness (QED) is 0.528. The second-order valence-corrected chi connectivity index (χ2v) is 4.02. The van der Waals surface area contributed by atoms with Crippen LogP contribution in [0.1, 0.15) is 39.5 Å². The summed E-state index contributed by atoms with van der Waals surface area (Å²) in [6.07, 6.45) is 5.14. The summed E-state index contributed by atoms with van der Waals surface area (Å²) in [5, 5.41) is 0. The maximum atomic E-state index is 5.81. The third-order valence-electron chi connectivity index (χ3n) is 2.24. The fraction of sp³-hybridized carbons (Fsp3) is 1.00. The van der Waals surface area contributed by atoms with Gasteiger partial charge in [0.2, 0.25) is 0 Å². The van der Waals surface area contributed by atoms with Crippen LogP contribution in [0.5, 0.6) is 0 Å². The largest absolute Gasteiger partial charge is 0.328 e. The molecule has 9 heavy (non-hydrogen) atoms. The van der Waals surface area contributed by atoms with Gasteiger partial charge in [-0.2, -0.15) is 0 Å². The van der Waals surface area contributed by atoms with Crippen LogP contribution in [0.3, 0.4) is 0 Å². The molecule has 2 N–H and O–H groups in total. The van der Waals surface area contributed by atoms with Crippen molar-refractivity contribution in [3.63, 3.8) is 0 Å². The normalized spacial score (nSPS) is 34.3. The Morgan fingerprint density at radius 3 is 2.44 bits per heavy atom. The van der Waals surface area contributed by atoms with Crippen LogP contribution >= 0.6 is 0 Å². The molecule has 0 aromatic heterocycles. The van der Waals surface area contributed by atoms with E-state index >= 15 is 0 Å². The summed E-state index contributed by atoms with van der Waals surface area (Å²) in [7, 11) is 0. The lowest BCUT2D eigenvalue weighted by Gasteiger charge is -2.33. The highest BCUT2D eigenvalue weighted by Crippen LogP contribution is 2.33. The summed E-state index contributed by atoms with van der Waals surface area (Å²) in [5.41, 5.74) is 6.34. The first-order valence-electron chi connectivity index (χ1n) is 3.86. The van der Waals surface area contributed by atoms with E-state index in [0.29, 0.717) is 11.5 Å². The summed E-state index contributed by atoms with van der Waals surface area (Å²) >= 11 is 0. The lowest BCUT2D eigenvalue weighted by molar-refractivity contribution is 0.221. The van der Waals surface area contributed by atoms with E-state index in [0.717, 1.165) is 0 Å². The molecule has 1 rings (SSSR count). The molecule has 1 heteroatoms. The van der Waals surface area contributed by atoms with Crippen molar-refractivity contribution >= 4 is 0 Å². The molecular formula is C8H17N. The first-order chi connectivity index (χ1) is 4.10. The molecule has 0 spiro atoms. The molecule has 0 aromatic carbocycles. The molecule has 0 amide bonds. The SMILES string of the molecule is CC1(C)CCCC(N)C1. The average Bonchev–Trinajstić information content (AvgIpc) is 1.60. The predicted octanol–water partition coefficient (Wildman–Crippen LogP) is 1.91. The van der Waals surface area contributed by atoms with Crippen molar-refractivity contribution in [2.24, 2.45) is 11.1 Å². The van der Waals surface area contributed by atoms with Gasteiger partial charge < -0.3 is 5.73 Å². The number of hydrogen-bond donors (Lipinski definition) is 1. The van der Waals surface area contributed by atoms with Crippen LogP contribution < -0.4 is 5.73 Å². The standard InChI is InChI=1S/C8H17N/c1-8(2)5-3-4-7(9)6-8/h7H,3-6,9H2,1-2H3. The van der Waals surface area contributed by atoms with E-state index in [4.69, 9.17) is 5.73 Å². The highest BCUT2D eigenvalue weighted by molar-refractivity contribution is 4.80. The van der Waals surface area contributed by atoms with E-state index in [1.807, 2.05) is 0 Å². The lowest BCUT2D eigenvalue weighted by Crippen LogP contribution is -2.32. The zero-order chi connectivity index (χ0) is 6.91. The zero-order valence-electron chi connectivity index (χ0n) is 6.48. The van der Waals surface area contributed by atoms with Crippen LogP contribution in [0.25, 0.3) is 0 Å². The topological polar surface area (TPSA) is 26.0 Å². The van der Waals surface area contributed by atoms with Crippen LogP contribution in [-0.4, -0.2) is 6.04 Å². The molecule has 1 aliphatic rings. The van der Waals surface area contributed by atoms with Crippen molar-refractivity contribution in [1.82, 2.24) is 0 Å². The van der Waals surface area contributed by atoms with Gasteiger partial charge in [0.15, 0.2) is 0 Å². The molecule has 1 aliphatic carbocycles. The van der Waals surface area contributed by atoms with E-state index in [9.17, 15) is 0 Å². The highest BCUT2D eigenvalue weighted by atomic mass is 14.6. The summed E-state index contributed by atoms with van der Waals surface area (Å²) in [5.74, 6) is 0. The molecular weight excluding hydrogens is 110 g/mol. The van der Waals surface area contributed by atoms with Gasteiger partial charge >= 0.3 is 0 Å². The van der Waals surface area contributed by atoms with Crippen molar-refractivity contribution in [2.75, 3.05) is 0 Å². The summed E-state index contributed by atoms with van der Waals surface area (Å²) in [6, 6.07) is 0.480. The van der Waals surface area contributed by atoms with Crippen molar-refractivity contribution in [2.45, 2.75) is 45.6 Å². The molecule has 0 radical (unpaired) electrons. The monoisotopic (exact) mass is 127 g/mol. The van der Waals surface area contributed by atoms with Crippen molar-refractivity contribution in [1.29, 1.82) is 0 Å². The number of hydrogen-bond acceptors (Lipinski definition) is 1. The van der Waals surface area contributed by atoms with E-state index in [1.165, 1.54) is 25.7 Å². The molecule has 1 nitrogen and oxygen atoms in total. The molecule has 0 aliphatic heterocycles. The van der Waals surface area contributed by atoms with Crippen LogP contribution in [0.15, 0.2) is 0 Å². The van der Waals surface area contributed by atoms with Gasteiger partial charge in [0.1, 0.15) is 0 Å². The third-order valence-corrected chi connectivity index (χ3v) is 2.24. The van der Waals surface area contributed by atoms with Gasteiger partial charge in [-0.05, 0) is 24.7 Å². The average molecular weight is 127 g/mol. The van der Waals surface area contributed by atoms with Gasteiger partial charge in [-0.1, -0.05) is 20.3 Å². The van der Waals surface area contributed by atoms with E-state index < -0.39 is 0 Å². The van der Waals surface area contributed by atoms with Gasteiger partial charge in [-0.15, -0.1) is 0 Å². The molecule has 0 bridgehead atoms. The first-order valence-corrected chi connectivity index (χ1v) is 3.86. The molecule has 0 heterocycles. The Balaban J connectivity index is 2.41.